The van der Waals surface area contributed by atoms with Gasteiger partial charge in [-0.1, -0.05) is 18.2 Å². The number of methoxy groups -OCH3 is 2. The molecular formula is C22H22N6O4. The molecule has 4 rings (SSSR count). The SMILES string of the molecule is COc1cc(-c2ccn3nc(NC(=O)NCCOc4ccccc4)cc3n2)cnc1OC. The highest BCUT2D eigenvalue weighted by Crippen LogP contribution is 2.29. The molecule has 164 valence electrons. The highest BCUT2D eigenvalue weighted by Gasteiger charge is 2.11. The zero-order chi connectivity index (χ0) is 22.3. The molecule has 10 heteroatoms. The summed E-state index contributed by atoms with van der Waals surface area (Å²) >= 11 is 0. The number of nitrogens with one attached hydrogen (secondary N) is 2. The lowest BCUT2D eigenvalue weighted by Crippen LogP contribution is -2.32. The summed E-state index contributed by atoms with van der Waals surface area (Å²) in [7, 11) is 3.08. The van der Waals surface area contributed by atoms with Gasteiger partial charge in [-0.05, 0) is 24.3 Å². The predicted molar refractivity (Wildman–Crippen MR) is 118 cm³/mol. The molecule has 3 aromatic heterocycles. The molecule has 0 aliphatic carbocycles. The molecule has 1 aromatic carbocycles. The number of rotatable bonds is 8. The maximum atomic E-state index is 12.1. The van der Waals surface area contributed by atoms with Crippen LogP contribution >= 0.6 is 0 Å². The van der Waals surface area contributed by atoms with Gasteiger partial charge in [0.1, 0.15) is 12.4 Å². The van der Waals surface area contributed by atoms with Crippen LogP contribution < -0.4 is 24.8 Å². The van der Waals surface area contributed by atoms with Crippen LogP contribution in [0.15, 0.2) is 60.9 Å². The van der Waals surface area contributed by atoms with E-state index in [9.17, 15) is 4.79 Å². The third-order valence-corrected chi connectivity index (χ3v) is 4.49. The smallest absolute Gasteiger partial charge is 0.320 e. The first-order chi connectivity index (χ1) is 15.7. The van der Waals surface area contributed by atoms with Crippen LogP contribution in [0.5, 0.6) is 17.4 Å². The number of nitrogens with zero attached hydrogens (tertiary/aromatic N) is 4. The number of carbonyl (C=O) groups excluding carboxylic acids is 1. The number of hydrogen-bond donors (Lipinski definition) is 2. The van der Waals surface area contributed by atoms with Crippen LogP contribution in [0.2, 0.25) is 0 Å². The van der Waals surface area contributed by atoms with Gasteiger partial charge in [-0.15, -0.1) is 5.10 Å². The van der Waals surface area contributed by atoms with Crippen LogP contribution in [0.1, 0.15) is 0 Å². The first kappa shape index (κ1) is 20.9. The molecule has 0 fully saturated rings. The molecule has 0 saturated heterocycles. The molecule has 2 N–H and O–H groups in total. The Labute approximate surface area is 184 Å². The Bertz CT molecular complexity index is 1210. The fourth-order valence-electron chi connectivity index (χ4n) is 2.98. The van der Waals surface area contributed by atoms with Gasteiger partial charge in [-0.2, -0.15) is 0 Å². The molecule has 2 amide bonds. The monoisotopic (exact) mass is 434 g/mol. The van der Waals surface area contributed by atoms with Crippen LogP contribution in [0.4, 0.5) is 10.6 Å². The van der Waals surface area contributed by atoms with Gasteiger partial charge in [0.15, 0.2) is 17.2 Å². The van der Waals surface area contributed by atoms with Crippen molar-refractivity contribution < 1.29 is 19.0 Å². The minimum Gasteiger partial charge on any atom is -0.492 e. The Hall–Kier alpha value is -4.34. The first-order valence-corrected chi connectivity index (χ1v) is 9.84. The number of amides is 2. The van der Waals surface area contributed by atoms with Crippen molar-refractivity contribution in [1.29, 1.82) is 0 Å². The summed E-state index contributed by atoms with van der Waals surface area (Å²) < 4.78 is 17.6. The second-order valence-electron chi connectivity index (χ2n) is 6.62. The number of anilines is 1. The number of pyridine rings is 1. The lowest BCUT2D eigenvalue weighted by molar-refractivity contribution is 0.247. The summed E-state index contributed by atoms with van der Waals surface area (Å²) in [5.41, 5.74) is 2.01. The lowest BCUT2D eigenvalue weighted by atomic mass is 10.2. The van der Waals surface area contributed by atoms with Gasteiger partial charge in [-0.3, -0.25) is 5.32 Å². The largest absolute Gasteiger partial charge is 0.492 e. The van der Waals surface area contributed by atoms with Crippen LogP contribution in [0.25, 0.3) is 16.9 Å². The minimum absolute atomic E-state index is 0.350. The van der Waals surface area contributed by atoms with Crippen molar-refractivity contribution in [2.24, 2.45) is 0 Å². The molecule has 3 heterocycles. The third kappa shape index (κ3) is 4.86. The molecule has 4 aromatic rings. The van der Waals surface area contributed by atoms with E-state index in [1.807, 2.05) is 30.3 Å². The molecular weight excluding hydrogens is 412 g/mol. The average molecular weight is 434 g/mol. The molecule has 10 nitrogen and oxygen atoms in total. The predicted octanol–water partition coefficient (Wildman–Crippen LogP) is 3.01. The van der Waals surface area contributed by atoms with Crippen molar-refractivity contribution in [2.45, 2.75) is 0 Å². The standard InChI is InChI=1S/C22H22N6O4/c1-30-18-12-15(14-24-21(18)31-2)17-8-10-28-20(25-17)13-19(27-28)26-22(29)23-9-11-32-16-6-4-3-5-7-16/h3-8,10,12-14H,9,11H2,1-2H3,(H2,23,26,27,29). The van der Waals surface area contributed by atoms with E-state index >= 15 is 0 Å². The normalized spacial score (nSPS) is 10.6. The molecule has 0 unspecified atom stereocenters. The quantitative estimate of drug-likeness (QED) is 0.410. The number of urea groups is 1. The van der Waals surface area contributed by atoms with Gasteiger partial charge >= 0.3 is 6.03 Å². The van der Waals surface area contributed by atoms with Crippen LogP contribution in [-0.2, 0) is 0 Å². The van der Waals surface area contributed by atoms with Crippen molar-refractivity contribution in [1.82, 2.24) is 24.9 Å². The number of aromatic nitrogens is 4. The van der Waals surface area contributed by atoms with E-state index in [-0.39, 0.29) is 6.03 Å². The van der Waals surface area contributed by atoms with Crippen LogP contribution in [0, 0.1) is 0 Å². The first-order valence-electron chi connectivity index (χ1n) is 9.84. The van der Waals surface area contributed by atoms with Crippen molar-refractivity contribution >= 4 is 17.5 Å². The number of benzene rings is 1. The van der Waals surface area contributed by atoms with E-state index < -0.39 is 0 Å². The maximum absolute atomic E-state index is 12.1. The van der Waals surface area contributed by atoms with Gasteiger partial charge in [0.25, 0.3) is 5.88 Å². The number of ether oxygens (including phenoxy) is 3. The molecule has 0 radical (unpaired) electrons. The summed E-state index contributed by atoms with van der Waals surface area (Å²) in [6, 6.07) is 14.3. The van der Waals surface area contributed by atoms with Crippen molar-refractivity contribution in [3.05, 3.63) is 60.9 Å². The molecule has 0 aliphatic heterocycles. The fraction of sp³-hybridized carbons (Fsp3) is 0.182. The van der Waals surface area contributed by atoms with Crippen molar-refractivity contribution in [3.8, 4) is 28.6 Å². The minimum atomic E-state index is -0.380. The fourth-order valence-corrected chi connectivity index (χ4v) is 2.98. The average Bonchev–Trinajstić information content (AvgIpc) is 3.23. The molecule has 0 saturated carbocycles. The summed E-state index contributed by atoms with van der Waals surface area (Å²) in [6.45, 7) is 0.704. The van der Waals surface area contributed by atoms with E-state index in [0.29, 0.717) is 41.9 Å². The zero-order valence-electron chi connectivity index (χ0n) is 17.6. The van der Waals surface area contributed by atoms with Crippen molar-refractivity contribution in [2.75, 3.05) is 32.7 Å². The second-order valence-corrected chi connectivity index (χ2v) is 6.62. The number of para-hydroxylation sites is 1. The van der Waals surface area contributed by atoms with Crippen molar-refractivity contribution in [3.63, 3.8) is 0 Å². The molecule has 0 aliphatic rings. The van der Waals surface area contributed by atoms with Crippen LogP contribution in [-0.4, -0.2) is 53.0 Å². The Morgan fingerprint density at radius 1 is 1.09 bits per heavy atom. The Kier molecular flexibility index (Phi) is 6.30. The Morgan fingerprint density at radius 3 is 2.72 bits per heavy atom. The summed E-state index contributed by atoms with van der Waals surface area (Å²) in [4.78, 5) is 21.0. The number of hydrogen-bond acceptors (Lipinski definition) is 7. The van der Waals surface area contributed by atoms with E-state index in [2.05, 4.69) is 25.7 Å². The molecule has 32 heavy (non-hydrogen) atoms. The molecule has 0 spiro atoms. The number of carbonyl (C=O) groups is 1. The highest BCUT2D eigenvalue weighted by molar-refractivity contribution is 5.88. The van der Waals surface area contributed by atoms with Gasteiger partial charge in [0.2, 0.25) is 0 Å². The van der Waals surface area contributed by atoms with E-state index in [1.54, 1.807) is 42.2 Å². The van der Waals surface area contributed by atoms with Gasteiger partial charge in [-0.25, -0.2) is 19.3 Å². The highest BCUT2D eigenvalue weighted by atomic mass is 16.5. The Balaban J connectivity index is 1.38. The summed E-state index contributed by atoms with van der Waals surface area (Å²) in [5, 5.41) is 9.74. The van der Waals surface area contributed by atoms with E-state index in [1.165, 1.54) is 7.11 Å². The second kappa shape index (κ2) is 9.65. The maximum Gasteiger partial charge on any atom is 0.320 e. The number of fused-ring (bicyclic) bond motifs is 1. The van der Waals surface area contributed by atoms with E-state index in [0.717, 1.165) is 11.3 Å². The summed E-state index contributed by atoms with van der Waals surface area (Å²) in [6.07, 6.45) is 3.41. The molecule has 0 atom stereocenters. The van der Waals surface area contributed by atoms with Crippen LogP contribution in [0.3, 0.4) is 0 Å². The lowest BCUT2D eigenvalue weighted by Gasteiger charge is -2.08. The molecule has 0 bridgehead atoms. The Morgan fingerprint density at radius 2 is 1.94 bits per heavy atom. The van der Waals surface area contributed by atoms with Gasteiger partial charge < -0.3 is 19.5 Å². The summed E-state index contributed by atoms with van der Waals surface area (Å²) in [5.74, 6) is 2.03. The third-order valence-electron chi connectivity index (χ3n) is 4.49. The topological polar surface area (TPSA) is 112 Å². The zero-order valence-corrected chi connectivity index (χ0v) is 17.6. The van der Waals surface area contributed by atoms with E-state index in [4.69, 9.17) is 14.2 Å². The van der Waals surface area contributed by atoms with Gasteiger partial charge in [0.05, 0.1) is 26.5 Å². The van der Waals surface area contributed by atoms with Gasteiger partial charge in [0, 0.05) is 24.0 Å².